The molecular formula is C19H22AgN2. The zero-order valence-electron chi connectivity index (χ0n) is 13.5. The fourth-order valence-corrected chi connectivity index (χ4v) is 3.23. The summed E-state index contributed by atoms with van der Waals surface area (Å²) in [5, 5.41) is 0. The average molecular weight is 386 g/mol. The van der Waals surface area contributed by atoms with Crippen molar-refractivity contribution in [1.29, 1.82) is 0 Å². The Hall–Kier alpha value is -1.48. The van der Waals surface area contributed by atoms with Crippen molar-refractivity contribution >= 4 is 11.4 Å². The van der Waals surface area contributed by atoms with Crippen LogP contribution in [-0.4, -0.2) is 6.67 Å². The van der Waals surface area contributed by atoms with Gasteiger partial charge in [0.2, 0.25) is 0 Å². The minimum atomic E-state index is 0. The van der Waals surface area contributed by atoms with Gasteiger partial charge in [-0.3, -0.25) is 0 Å². The first-order chi connectivity index (χ1) is 10.1. The zero-order valence-corrected chi connectivity index (χ0v) is 15.0. The van der Waals surface area contributed by atoms with Crippen LogP contribution in [0.3, 0.4) is 0 Å². The van der Waals surface area contributed by atoms with Crippen LogP contribution in [0, 0.1) is 27.7 Å². The van der Waals surface area contributed by atoms with E-state index in [1.807, 2.05) is 0 Å². The Morgan fingerprint density at radius 2 is 0.955 bits per heavy atom. The molecule has 0 bridgehead atoms. The molecule has 0 atom stereocenters. The van der Waals surface area contributed by atoms with E-state index in [0.717, 1.165) is 6.67 Å². The predicted octanol–water partition coefficient (Wildman–Crippen LogP) is 4.67. The van der Waals surface area contributed by atoms with Gasteiger partial charge in [0.25, 0.3) is 0 Å². The Bertz CT molecular complexity index is 607. The first kappa shape index (κ1) is 16.9. The topological polar surface area (TPSA) is 6.48 Å². The number of nitrogens with zero attached hydrogens (tertiary/aromatic N) is 2. The molecule has 0 spiro atoms. The Morgan fingerprint density at radius 1 is 0.636 bits per heavy atom. The third-order valence-electron chi connectivity index (χ3n) is 4.18. The first-order valence-electron chi connectivity index (χ1n) is 7.42. The number of anilines is 2. The van der Waals surface area contributed by atoms with Gasteiger partial charge in [0.1, 0.15) is 0 Å². The van der Waals surface area contributed by atoms with E-state index in [-0.39, 0.29) is 22.4 Å². The van der Waals surface area contributed by atoms with Gasteiger partial charge in [0.05, 0.1) is 6.67 Å². The summed E-state index contributed by atoms with van der Waals surface area (Å²) in [6, 6.07) is 13.0. The van der Waals surface area contributed by atoms with Crippen molar-refractivity contribution in [2.24, 2.45) is 0 Å². The van der Waals surface area contributed by atoms with Crippen molar-refractivity contribution in [3.05, 3.63) is 71.1 Å². The van der Waals surface area contributed by atoms with E-state index >= 15 is 0 Å². The molecule has 1 heterocycles. The molecular weight excluding hydrogens is 364 g/mol. The van der Waals surface area contributed by atoms with Gasteiger partial charge >= 0.3 is 0 Å². The predicted molar refractivity (Wildman–Crippen MR) is 90.8 cm³/mol. The molecule has 2 aromatic carbocycles. The average Bonchev–Trinajstić information content (AvgIpc) is 2.87. The SMILES string of the molecule is Cc1cccc(C)c1N1C=CN(c2c(C)cccc2C)C1.[Ag]. The van der Waals surface area contributed by atoms with Crippen molar-refractivity contribution in [3.63, 3.8) is 0 Å². The van der Waals surface area contributed by atoms with E-state index in [4.69, 9.17) is 0 Å². The second-order valence-electron chi connectivity index (χ2n) is 5.86. The number of aryl methyl sites for hydroxylation is 4. The Morgan fingerprint density at radius 3 is 1.27 bits per heavy atom. The molecule has 1 radical (unpaired) electrons. The molecule has 3 rings (SSSR count). The van der Waals surface area contributed by atoms with Crippen LogP contribution in [0.1, 0.15) is 22.3 Å². The molecule has 0 fully saturated rings. The molecule has 2 nitrogen and oxygen atoms in total. The van der Waals surface area contributed by atoms with E-state index in [1.54, 1.807) is 0 Å². The van der Waals surface area contributed by atoms with Gasteiger partial charge in [0, 0.05) is 46.2 Å². The third-order valence-corrected chi connectivity index (χ3v) is 4.18. The summed E-state index contributed by atoms with van der Waals surface area (Å²) < 4.78 is 0. The Kier molecular flexibility index (Phi) is 5.17. The summed E-state index contributed by atoms with van der Waals surface area (Å²) in [6.45, 7) is 9.59. The minimum Gasteiger partial charge on any atom is -0.328 e. The molecule has 3 heteroatoms. The molecule has 0 saturated heterocycles. The van der Waals surface area contributed by atoms with Crippen LogP contribution in [0.2, 0.25) is 0 Å². The van der Waals surface area contributed by atoms with Crippen molar-refractivity contribution in [3.8, 4) is 0 Å². The second kappa shape index (κ2) is 6.74. The van der Waals surface area contributed by atoms with Crippen LogP contribution < -0.4 is 9.80 Å². The maximum atomic E-state index is 2.33. The normalized spacial score (nSPS) is 13.5. The Balaban J connectivity index is 0.00000176. The fraction of sp³-hybridized carbons (Fsp3) is 0.263. The summed E-state index contributed by atoms with van der Waals surface area (Å²) >= 11 is 0. The number of rotatable bonds is 2. The van der Waals surface area contributed by atoms with Crippen molar-refractivity contribution in [1.82, 2.24) is 0 Å². The van der Waals surface area contributed by atoms with Crippen LogP contribution in [0.5, 0.6) is 0 Å². The van der Waals surface area contributed by atoms with E-state index in [0.29, 0.717) is 0 Å². The van der Waals surface area contributed by atoms with Gasteiger partial charge in [-0.1, -0.05) is 36.4 Å². The van der Waals surface area contributed by atoms with Crippen LogP contribution in [0.4, 0.5) is 11.4 Å². The van der Waals surface area contributed by atoms with Crippen LogP contribution in [-0.2, 0) is 22.4 Å². The number of hydrogen-bond acceptors (Lipinski definition) is 2. The fourth-order valence-electron chi connectivity index (χ4n) is 3.23. The molecule has 0 aliphatic carbocycles. The molecule has 22 heavy (non-hydrogen) atoms. The molecule has 0 saturated carbocycles. The molecule has 2 aromatic rings. The maximum Gasteiger partial charge on any atom is 0.0989 e. The number of hydrogen-bond donors (Lipinski definition) is 0. The van der Waals surface area contributed by atoms with Gasteiger partial charge in [-0.15, -0.1) is 0 Å². The Labute approximate surface area is 149 Å². The smallest absolute Gasteiger partial charge is 0.0989 e. The molecule has 1 aliphatic rings. The van der Waals surface area contributed by atoms with Gasteiger partial charge in [-0.25, -0.2) is 0 Å². The summed E-state index contributed by atoms with van der Waals surface area (Å²) in [7, 11) is 0. The van der Waals surface area contributed by atoms with Crippen molar-refractivity contribution < 1.29 is 22.4 Å². The largest absolute Gasteiger partial charge is 0.328 e. The maximum absolute atomic E-state index is 2.33. The molecule has 0 unspecified atom stereocenters. The monoisotopic (exact) mass is 385 g/mol. The first-order valence-corrected chi connectivity index (χ1v) is 7.42. The zero-order chi connectivity index (χ0) is 15.0. The summed E-state index contributed by atoms with van der Waals surface area (Å²) in [4.78, 5) is 4.66. The molecule has 0 aromatic heterocycles. The van der Waals surface area contributed by atoms with E-state index in [9.17, 15) is 0 Å². The van der Waals surface area contributed by atoms with Crippen LogP contribution in [0.25, 0.3) is 0 Å². The standard InChI is InChI=1S/C19H22N2.Ag/c1-14-7-5-8-15(2)18(14)20-11-12-21(13-20)19-16(3)9-6-10-17(19)4;/h5-12H,13H2,1-4H3;. The van der Waals surface area contributed by atoms with Gasteiger partial charge < -0.3 is 9.80 Å². The number of para-hydroxylation sites is 2. The molecule has 0 amide bonds. The molecule has 1 aliphatic heterocycles. The molecule has 119 valence electrons. The summed E-state index contributed by atoms with van der Waals surface area (Å²) in [5.41, 5.74) is 7.93. The summed E-state index contributed by atoms with van der Waals surface area (Å²) in [6.07, 6.45) is 4.36. The summed E-state index contributed by atoms with van der Waals surface area (Å²) in [5.74, 6) is 0. The van der Waals surface area contributed by atoms with Crippen molar-refractivity contribution in [2.75, 3.05) is 16.5 Å². The van der Waals surface area contributed by atoms with E-state index in [2.05, 4.69) is 86.3 Å². The number of benzene rings is 2. The second-order valence-corrected chi connectivity index (χ2v) is 5.86. The van der Waals surface area contributed by atoms with E-state index < -0.39 is 0 Å². The van der Waals surface area contributed by atoms with Gasteiger partial charge in [-0.2, -0.15) is 0 Å². The quantitative estimate of drug-likeness (QED) is 0.692. The van der Waals surface area contributed by atoms with Gasteiger partial charge in [-0.05, 0) is 49.9 Å². The van der Waals surface area contributed by atoms with Gasteiger partial charge in [0.15, 0.2) is 0 Å². The minimum absolute atomic E-state index is 0. The third kappa shape index (κ3) is 3.00. The van der Waals surface area contributed by atoms with Crippen LogP contribution in [0.15, 0.2) is 48.8 Å². The molecule has 0 N–H and O–H groups in total. The van der Waals surface area contributed by atoms with Crippen LogP contribution >= 0.6 is 0 Å². The van der Waals surface area contributed by atoms with E-state index in [1.165, 1.54) is 33.6 Å². The van der Waals surface area contributed by atoms with Crippen molar-refractivity contribution in [2.45, 2.75) is 27.7 Å².